The van der Waals surface area contributed by atoms with Crippen LogP contribution in [0.15, 0.2) is 60.8 Å². The summed E-state index contributed by atoms with van der Waals surface area (Å²) in [6.07, 6.45) is 4.52. The molecule has 0 heterocycles. The van der Waals surface area contributed by atoms with Crippen LogP contribution in [-0.4, -0.2) is 93.5 Å². The Balaban J connectivity index is 0. The standard InChI is InChI=1S/C15H20O9.C13H20O4/c16-8-7-15(9-17,10-18)14(4-1-11(19)20,5-2-12(21)22)6-3-13(23)24;1-9(2)11(14)16-7-13(5,6)8-17-12(15)10(3)4/h1-6,16-18H,7-10H2,(H,19,20)(H,21,22)(H,23,24);1,3,7-8H2,2,4-6H3. The Hall–Kier alpha value is -4.07. The van der Waals surface area contributed by atoms with Gasteiger partial charge in [0.05, 0.1) is 26.4 Å². The molecule has 0 saturated heterocycles. The Labute approximate surface area is 238 Å². The third kappa shape index (κ3) is 14.8. The van der Waals surface area contributed by atoms with Crippen LogP contribution in [0, 0.1) is 16.2 Å². The van der Waals surface area contributed by atoms with E-state index in [1.54, 1.807) is 13.8 Å². The minimum Gasteiger partial charge on any atom is -0.478 e. The first kappa shape index (κ1) is 39.1. The molecule has 0 radical (unpaired) electrons. The Morgan fingerprint density at radius 3 is 1.22 bits per heavy atom. The Bertz CT molecular complexity index is 951. The molecule has 0 aliphatic carbocycles. The van der Waals surface area contributed by atoms with Crippen LogP contribution in [0.1, 0.15) is 34.1 Å². The Morgan fingerprint density at radius 2 is 1.00 bits per heavy atom. The van der Waals surface area contributed by atoms with Gasteiger partial charge in [0.15, 0.2) is 0 Å². The van der Waals surface area contributed by atoms with E-state index in [2.05, 4.69) is 13.2 Å². The number of aliphatic hydroxyl groups excluding tert-OH is 3. The lowest BCUT2D eigenvalue weighted by Gasteiger charge is -2.43. The summed E-state index contributed by atoms with van der Waals surface area (Å²) in [5.74, 6) is -5.09. The number of carbonyl (C=O) groups is 5. The van der Waals surface area contributed by atoms with Crippen molar-refractivity contribution in [3.63, 3.8) is 0 Å². The molecule has 0 unspecified atom stereocenters. The monoisotopic (exact) mass is 584 g/mol. The number of carboxylic acids is 3. The van der Waals surface area contributed by atoms with Gasteiger partial charge in [-0.05, 0) is 20.3 Å². The first-order chi connectivity index (χ1) is 18.8. The van der Waals surface area contributed by atoms with E-state index in [4.69, 9.17) is 24.8 Å². The van der Waals surface area contributed by atoms with Gasteiger partial charge in [-0.15, -0.1) is 0 Å². The maximum Gasteiger partial charge on any atom is 0.333 e. The molecule has 0 aliphatic heterocycles. The lowest BCUT2D eigenvalue weighted by molar-refractivity contribution is -0.148. The van der Waals surface area contributed by atoms with Crippen molar-refractivity contribution >= 4 is 29.8 Å². The summed E-state index contributed by atoms with van der Waals surface area (Å²) in [4.78, 5) is 54.9. The molecule has 0 atom stereocenters. The first-order valence-electron chi connectivity index (χ1n) is 12.1. The smallest absolute Gasteiger partial charge is 0.333 e. The lowest BCUT2D eigenvalue weighted by atomic mass is 9.61. The highest BCUT2D eigenvalue weighted by molar-refractivity contribution is 5.87. The summed E-state index contributed by atoms with van der Waals surface area (Å²) in [6, 6.07) is 0. The minimum absolute atomic E-state index is 0.169. The van der Waals surface area contributed by atoms with Crippen molar-refractivity contribution in [1.29, 1.82) is 0 Å². The number of hydrogen-bond acceptors (Lipinski definition) is 10. The second kappa shape index (κ2) is 18.3. The molecular formula is C28H40O13. The van der Waals surface area contributed by atoms with E-state index in [0.717, 1.165) is 18.2 Å². The van der Waals surface area contributed by atoms with Crippen LogP contribution >= 0.6 is 0 Å². The van der Waals surface area contributed by atoms with Gasteiger partial charge in [-0.2, -0.15) is 0 Å². The van der Waals surface area contributed by atoms with Crippen molar-refractivity contribution in [2.45, 2.75) is 34.1 Å². The molecule has 6 N–H and O–H groups in total. The van der Waals surface area contributed by atoms with E-state index in [1.165, 1.54) is 0 Å². The van der Waals surface area contributed by atoms with E-state index >= 15 is 0 Å². The van der Waals surface area contributed by atoms with Crippen LogP contribution in [0.2, 0.25) is 0 Å². The van der Waals surface area contributed by atoms with Crippen molar-refractivity contribution in [1.82, 2.24) is 0 Å². The van der Waals surface area contributed by atoms with Crippen molar-refractivity contribution in [2.24, 2.45) is 16.2 Å². The molecule has 230 valence electrons. The number of carbonyl (C=O) groups excluding carboxylic acids is 2. The average molecular weight is 585 g/mol. The van der Waals surface area contributed by atoms with E-state index in [9.17, 15) is 39.3 Å². The number of aliphatic hydroxyl groups is 3. The molecule has 0 rings (SSSR count). The molecular weight excluding hydrogens is 544 g/mol. The molecule has 0 aromatic carbocycles. The lowest BCUT2D eigenvalue weighted by Crippen LogP contribution is -2.45. The largest absolute Gasteiger partial charge is 0.478 e. The number of carboxylic acid groups (broad SMARTS) is 3. The van der Waals surface area contributed by atoms with Crippen LogP contribution in [0.4, 0.5) is 0 Å². The van der Waals surface area contributed by atoms with Crippen LogP contribution in [0.3, 0.4) is 0 Å². The van der Waals surface area contributed by atoms with Crippen molar-refractivity contribution in [2.75, 3.05) is 33.0 Å². The Morgan fingerprint density at radius 1 is 0.683 bits per heavy atom. The fourth-order valence-electron chi connectivity index (χ4n) is 3.05. The highest BCUT2D eigenvalue weighted by Crippen LogP contribution is 2.46. The third-order valence-corrected chi connectivity index (χ3v) is 5.50. The van der Waals surface area contributed by atoms with Crippen LogP contribution in [0.25, 0.3) is 0 Å². The first-order valence-corrected chi connectivity index (χ1v) is 12.1. The van der Waals surface area contributed by atoms with Crippen LogP contribution < -0.4 is 0 Å². The fraction of sp³-hybridized carbons (Fsp3) is 0.464. The molecule has 0 aromatic rings. The van der Waals surface area contributed by atoms with E-state index in [-0.39, 0.29) is 19.6 Å². The molecule has 0 aromatic heterocycles. The highest BCUT2D eigenvalue weighted by Gasteiger charge is 2.46. The third-order valence-electron chi connectivity index (χ3n) is 5.50. The summed E-state index contributed by atoms with van der Waals surface area (Å²) in [5.41, 5.74) is -3.16. The zero-order valence-corrected chi connectivity index (χ0v) is 23.7. The molecule has 0 fully saturated rings. The highest BCUT2D eigenvalue weighted by atomic mass is 16.5. The number of esters is 2. The summed E-state index contributed by atoms with van der Waals surface area (Å²) < 4.78 is 10.0. The van der Waals surface area contributed by atoms with Gasteiger partial charge in [0.25, 0.3) is 0 Å². The SMILES string of the molecule is C=C(C)C(=O)OCC(C)(C)COC(=O)C(=C)C.O=C(O)C=CC(C=CC(=O)O)(C=CC(=O)O)C(CO)(CO)CCO. The Kier molecular flexibility index (Phi) is 17.5. The van der Waals surface area contributed by atoms with Gasteiger partial charge in [-0.1, -0.05) is 45.2 Å². The summed E-state index contributed by atoms with van der Waals surface area (Å²) in [7, 11) is 0. The number of allylic oxidation sites excluding steroid dienone is 3. The quantitative estimate of drug-likeness (QED) is 0.105. The second-order valence-electron chi connectivity index (χ2n) is 9.90. The molecule has 0 aliphatic rings. The van der Waals surface area contributed by atoms with E-state index in [0.29, 0.717) is 29.4 Å². The van der Waals surface area contributed by atoms with E-state index < -0.39 is 65.9 Å². The fourth-order valence-corrected chi connectivity index (χ4v) is 3.05. The van der Waals surface area contributed by atoms with Crippen molar-refractivity contribution < 1.29 is 64.1 Å². The number of aliphatic carboxylic acids is 3. The van der Waals surface area contributed by atoms with Crippen LogP contribution in [-0.2, 0) is 33.4 Å². The molecule has 0 spiro atoms. The molecule has 13 nitrogen and oxygen atoms in total. The zero-order chi connectivity index (χ0) is 32.4. The number of ether oxygens (including phenoxy) is 2. The molecule has 13 heteroatoms. The number of rotatable bonds is 17. The van der Waals surface area contributed by atoms with Crippen molar-refractivity contribution in [3.05, 3.63) is 60.8 Å². The van der Waals surface area contributed by atoms with Gasteiger partial charge in [-0.25, -0.2) is 24.0 Å². The predicted octanol–water partition coefficient (Wildman–Crippen LogP) is 1.50. The normalized spacial score (nSPS) is 13.2. The topological polar surface area (TPSA) is 225 Å². The summed E-state index contributed by atoms with van der Waals surface area (Å²) in [5, 5.41) is 55.2. The predicted molar refractivity (Wildman–Crippen MR) is 146 cm³/mol. The molecule has 0 saturated carbocycles. The average Bonchev–Trinajstić information content (AvgIpc) is 2.89. The zero-order valence-electron chi connectivity index (χ0n) is 23.7. The van der Waals surface area contributed by atoms with Gasteiger partial charge in [-0.3, -0.25) is 0 Å². The number of hydrogen-bond donors (Lipinski definition) is 6. The van der Waals surface area contributed by atoms with Crippen LogP contribution in [0.5, 0.6) is 0 Å². The van der Waals surface area contributed by atoms with Gasteiger partial charge in [0, 0.05) is 52.2 Å². The maximum atomic E-state index is 11.2. The molecule has 41 heavy (non-hydrogen) atoms. The molecule has 0 amide bonds. The summed E-state index contributed by atoms with van der Waals surface area (Å²) in [6.45, 7) is 12.1. The maximum absolute atomic E-state index is 11.2. The van der Waals surface area contributed by atoms with E-state index in [1.807, 2.05) is 13.8 Å². The van der Waals surface area contributed by atoms with Gasteiger partial charge in [0.2, 0.25) is 0 Å². The van der Waals surface area contributed by atoms with Crippen molar-refractivity contribution in [3.8, 4) is 0 Å². The van der Waals surface area contributed by atoms with Gasteiger partial charge >= 0.3 is 29.8 Å². The van der Waals surface area contributed by atoms with Gasteiger partial charge < -0.3 is 40.1 Å². The molecule has 0 bridgehead atoms. The second-order valence-corrected chi connectivity index (χ2v) is 9.90. The minimum atomic E-state index is -1.78. The summed E-state index contributed by atoms with van der Waals surface area (Å²) >= 11 is 0. The van der Waals surface area contributed by atoms with Gasteiger partial charge in [0.1, 0.15) is 0 Å².